The SMILES string of the molecule is C=C(C(=O)OCC)c1ccccc1/C(=C(/c1ccccc1)C1CCC1)c1ccc(-c2ccncc2)cc1. The summed E-state index contributed by atoms with van der Waals surface area (Å²) in [6.07, 6.45) is 7.17. The molecule has 0 spiro atoms. The summed E-state index contributed by atoms with van der Waals surface area (Å²) in [5.74, 6) is 0.0772. The van der Waals surface area contributed by atoms with Gasteiger partial charge in [0.1, 0.15) is 0 Å². The molecule has 0 bridgehead atoms. The molecule has 1 heterocycles. The number of esters is 1. The van der Waals surface area contributed by atoms with Crippen LogP contribution in [0, 0.1) is 5.92 Å². The summed E-state index contributed by atoms with van der Waals surface area (Å²) in [6, 6.07) is 31.5. The largest absolute Gasteiger partial charge is 0.462 e. The summed E-state index contributed by atoms with van der Waals surface area (Å²) in [6.45, 7) is 6.27. The van der Waals surface area contributed by atoms with E-state index < -0.39 is 0 Å². The topological polar surface area (TPSA) is 39.2 Å². The van der Waals surface area contributed by atoms with Crippen molar-refractivity contribution in [3.05, 3.63) is 132 Å². The molecule has 184 valence electrons. The molecule has 0 radical (unpaired) electrons. The lowest BCUT2D eigenvalue weighted by Gasteiger charge is -2.32. The monoisotopic (exact) mass is 485 g/mol. The third-order valence-corrected chi connectivity index (χ3v) is 7.10. The fourth-order valence-electron chi connectivity index (χ4n) is 5.02. The van der Waals surface area contributed by atoms with Gasteiger partial charge < -0.3 is 4.74 Å². The first kappa shape index (κ1) is 24.5. The van der Waals surface area contributed by atoms with E-state index in [0.717, 1.165) is 46.2 Å². The highest BCUT2D eigenvalue weighted by Crippen LogP contribution is 2.46. The molecule has 0 atom stereocenters. The number of rotatable bonds is 8. The Balaban J connectivity index is 1.73. The van der Waals surface area contributed by atoms with Crippen LogP contribution >= 0.6 is 0 Å². The predicted molar refractivity (Wildman–Crippen MR) is 151 cm³/mol. The Labute approximate surface area is 219 Å². The van der Waals surface area contributed by atoms with Gasteiger partial charge in [-0.2, -0.15) is 0 Å². The van der Waals surface area contributed by atoms with E-state index in [0.29, 0.717) is 18.1 Å². The number of allylic oxidation sites excluding steroid dienone is 1. The molecule has 3 aromatic carbocycles. The summed E-state index contributed by atoms with van der Waals surface area (Å²) in [4.78, 5) is 16.9. The van der Waals surface area contributed by atoms with Gasteiger partial charge in [-0.1, -0.05) is 91.9 Å². The maximum atomic E-state index is 12.8. The molecule has 37 heavy (non-hydrogen) atoms. The van der Waals surface area contributed by atoms with Crippen molar-refractivity contribution in [2.75, 3.05) is 6.61 Å². The highest BCUT2D eigenvalue weighted by Gasteiger charge is 2.28. The van der Waals surface area contributed by atoms with Gasteiger partial charge in [0.25, 0.3) is 0 Å². The van der Waals surface area contributed by atoms with Gasteiger partial charge in [-0.05, 0) is 82.3 Å². The number of benzene rings is 3. The van der Waals surface area contributed by atoms with Crippen LogP contribution in [0.1, 0.15) is 48.4 Å². The number of carbonyl (C=O) groups excluding carboxylic acids is 1. The van der Waals surface area contributed by atoms with Crippen molar-refractivity contribution in [2.45, 2.75) is 26.2 Å². The number of carbonyl (C=O) groups is 1. The molecule has 0 unspecified atom stereocenters. The average molecular weight is 486 g/mol. The molecule has 1 saturated carbocycles. The van der Waals surface area contributed by atoms with Gasteiger partial charge in [0, 0.05) is 12.4 Å². The van der Waals surface area contributed by atoms with Gasteiger partial charge in [-0.25, -0.2) is 4.79 Å². The zero-order chi connectivity index (χ0) is 25.6. The summed E-state index contributed by atoms with van der Waals surface area (Å²) < 4.78 is 5.33. The molecular weight excluding hydrogens is 454 g/mol. The van der Waals surface area contributed by atoms with Crippen LogP contribution in [0.5, 0.6) is 0 Å². The zero-order valence-corrected chi connectivity index (χ0v) is 21.2. The quantitative estimate of drug-likeness (QED) is 0.144. The van der Waals surface area contributed by atoms with Crippen molar-refractivity contribution in [3.8, 4) is 11.1 Å². The van der Waals surface area contributed by atoms with Gasteiger partial charge >= 0.3 is 5.97 Å². The summed E-state index contributed by atoms with van der Waals surface area (Å²) >= 11 is 0. The van der Waals surface area contributed by atoms with Crippen molar-refractivity contribution in [3.63, 3.8) is 0 Å². The minimum atomic E-state index is -0.382. The van der Waals surface area contributed by atoms with Crippen LogP contribution in [-0.2, 0) is 9.53 Å². The molecule has 4 aromatic rings. The van der Waals surface area contributed by atoms with Crippen LogP contribution in [-0.4, -0.2) is 17.6 Å². The minimum absolute atomic E-state index is 0.316. The predicted octanol–water partition coefficient (Wildman–Crippen LogP) is 8.08. The van der Waals surface area contributed by atoms with Crippen LogP contribution in [0.4, 0.5) is 0 Å². The van der Waals surface area contributed by atoms with Gasteiger partial charge in [0.2, 0.25) is 0 Å². The van der Waals surface area contributed by atoms with Crippen molar-refractivity contribution < 1.29 is 9.53 Å². The van der Waals surface area contributed by atoms with Gasteiger partial charge in [-0.15, -0.1) is 0 Å². The molecule has 1 aromatic heterocycles. The van der Waals surface area contributed by atoms with Crippen LogP contribution in [0.3, 0.4) is 0 Å². The second-order valence-electron chi connectivity index (χ2n) is 9.34. The molecule has 5 rings (SSSR count). The minimum Gasteiger partial charge on any atom is -0.462 e. The van der Waals surface area contributed by atoms with Crippen molar-refractivity contribution in [1.82, 2.24) is 4.98 Å². The lowest BCUT2D eigenvalue weighted by Crippen LogP contribution is -2.16. The number of aromatic nitrogens is 1. The fourth-order valence-corrected chi connectivity index (χ4v) is 5.02. The molecular formula is C34H31NO2. The van der Waals surface area contributed by atoms with Crippen molar-refractivity contribution in [1.29, 1.82) is 0 Å². The summed E-state index contributed by atoms with van der Waals surface area (Å²) in [5, 5.41) is 0. The van der Waals surface area contributed by atoms with Crippen molar-refractivity contribution >= 4 is 22.7 Å². The van der Waals surface area contributed by atoms with Crippen LogP contribution < -0.4 is 0 Å². The lowest BCUT2D eigenvalue weighted by atomic mass is 9.72. The molecule has 3 heteroatoms. The molecule has 3 nitrogen and oxygen atoms in total. The third kappa shape index (κ3) is 5.17. The first-order valence-electron chi connectivity index (χ1n) is 12.9. The van der Waals surface area contributed by atoms with E-state index in [2.05, 4.69) is 72.2 Å². The zero-order valence-electron chi connectivity index (χ0n) is 21.2. The molecule has 0 aliphatic heterocycles. The van der Waals surface area contributed by atoms with E-state index in [1.54, 1.807) is 0 Å². The number of ether oxygens (including phenoxy) is 1. The van der Waals surface area contributed by atoms with E-state index in [1.807, 2.05) is 49.6 Å². The smallest absolute Gasteiger partial charge is 0.338 e. The molecule has 1 aliphatic carbocycles. The Morgan fingerprint density at radius 2 is 1.43 bits per heavy atom. The Morgan fingerprint density at radius 1 is 0.811 bits per heavy atom. The van der Waals surface area contributed by atoms with E-state index >= 15 is 0 Å². The molecule has 0 amide bonds. The first-order chi connectivity index (χ1) is 18.2. The molecule has 1 aliphatic rings. The number of pyridine rings is 1. The Morgan fingerprint density at radius 3 is 2.05 bits per heavy atom. The van der Waals surface area contributed by atoms with Gasteiger partial charge in [-0.3, -0.25) is 4.98 Å². The average Bonchev–Trinajstić information content (AvgIpc) is 2.93. The van der Waals surface area contributed by atoms with E-state index in [4.69, 9.17) is 4.74 Å². The van der Waals surface area contributed by atoms with Crippen molar-refractivity contribution in [2.24, 2.45) is 5.92 Å². The normalized spacial score (nSPS) is 13.9. The van der Waals surface area contributed by atoms with Crippen LogP contribution in [0.2, 0.25) is 0 Å². The second kappa shape index (κ2) is 11.2. The Kier molecular flexibility index (Phi) is 7.41. The summed E-state index contributed by atoms with van der Waals surface area (Å²) in [5.41, 5.74) is 9.27. The maximum absolute atomic E-state index is 12.8. The maximum Gasteiger partial charge on any atom is 0.338 e. The Bertz CT molecular complexity index is 1420. The van der Waals surface area contributed by atoms with E-state index in [-0.39, 0.29) is 5.97 Å². The van der Waals surface area contributed by atoms with E-state index in [9.17, 15) is 4.79 Å². The second-order valence-corrected chi connectivity index (χ2v) is 9.34. The first-order valence-corrected chi connectivity index (χ1v) is 12.9. The highest BCUT2D eigenvalue weighted by molar-refractivity contribution is 6.18. The Hall–Kier alpha value is -4.24. The van der Waals surface area contributed by atoms with Crippen LogP contribution in [0.15, 0.2) is 110 Å². The number of hydrogen-bond acceptors (Lipinski definition) is 3. The van der Waals surface area contributed by atoms with Gasteiger partial charge in [0.05, 0.1) is 12.2 Å². The van der Waals surface area contributed by atoms with E-state index in [1.165, 1.54) is 17.6 Å². The standard InChI is InChI=1S/C34H31NO2/c1-3-37-34(36)24(2)30-14-7-8-15-31(30)33(32(28-12-9-13-28)27-10-5-4-6-11-27)29-18-16-25(17-19-29)26-20-22-35-23-21-26/h4-8,10-11,14-23,28H,2-3,9,12-13H2,1H3/b33-32-. The molecule has 0 N–H and O–H groups in total. The molecule has 1 fully saturated rings. The lowest BCUT2D eigenvalue weighted by molar-refractivity contribution is -0.136. The highest BCUT2D eigenvalue weighted by atomic mass is 16.5. The number of hydrogen-bond donors (Lipinski definition) is 0. The van der Waals surface area contributed by atoms with Crippen LogP contribution in [0.25, 0.3) is 27.8 Å². The third-order valence-electron chi connectivity index (χ3n) is 7.10. The summed E-state index contributed by atoms with van der Waals surface area (Å²) in [7, 11) is 0. The fraction of sp³-hybridized carbons (Fsp3) is 0.176. The number of nitrogens with zero attached hydrogens (tertiary/aromatic N) is 1. The molecule has 0 saturated heterocycles. The van der Waals surface area contributed by atoms with Gasteiger partial charge in [0.15, 0.2) is 0 Å².